The van der Waals surface area contributed by atoms with Crippen LogP contribution in [0.4, 0.5) is 0 Å². The first kappa shape index (κ1) is 10.6. The first-order valence-corrected chi connectivity index (χ1v) is 4.44. The molecule has 2 N–H and O–H groups in total. The topological polar surface area (TPSA) is 86.8 Å². The summed E-state index contributed by atoms with van der Waals surface area (Å²) in [5, 5.41) is 27.7. The van der Waals surface area contributed by atoms with Crippen molar-refractivity contribution < 1.29 is 5.11 Å². The number of nitrogens with one attached hydrogen (secondary N) is 1. The van der Waals surface area contributed by atoms with Gasteiger partial charge in [0.15, 0.2) is 0 Å². The summed E-state index contributed by atoms with van der Waals surface area (Å²) in [5.74, 6) is 0. The normalized spacial score (nSPS) is 10.0. The Balaban J connectivity index is 2.26. The molecule has 1 aromatic rings. The monoisotopic (exact) mass is 195 g/mol. The Morgan fingerprint density at radius 2 is 2.50 bits per heavy atom. The van der Waals surface area contributed by atoms with E-state index in [-0.39, 0.29) is 6.61 Å². The molecule has 1 heterocycles. The van der Waals surface area contributed by atoms with Gasteiger partial charge in [-0.1, -0.05) is 5.21 Å². The van der Waals surface area contributed by atoms with Crippen molar-refractivity contribution in [2.75, 3.05) is 13.2 Å². The highest BCUT2D eigenvalue weighted by Gasteiger charge is 1.98. The Bertz CT molecular complexity index is 303. The third-order valence-corrected chi connectivity index (χ3v) is 1.63. The third kappa shape index (κ3) is 3.51. The maximum absolute atomic E-state index is 8.63. The van der Waals surface area contributed by atoms with Crippen LogP contribution in [0.25, 0.3) is 0 Å². The van der Waals surface area contributed by atoms with Gasteiger partial charge >= 0.3 is 0 Å². The summed E-state index contributed by atoms with van der Waals surface area (Å²) >= 11 is 0. The average Bonchev–Trinajstić information content (AvgIpc) is 2.61. The van der Waals surface area contributed by atoms with Crippen LogP contribution >= 0.6 is 0 Å². The molecule has 6 nitrogen and oxygen atoms in total. The Morgan fingerprint density at radius 3 is 3.21 bits per heavy atom. The predicted octanol–water partition coefficient (Wildman–Crippen LogP) is -0.726. The summed E-state index contributed by atoms with van der Waals surface area (Å²) in [4.78, 5) is 0. The summed E-state index contributed by atoms with van der Waals surface area (Å²) < 4.78 is 1.58. The van der Waals surface area contributed by atoms with E-state index < -0.39 is 0 Å². The van der Waals surface area contributed by atoms with Gasteiger partial charge in [0, 0.05) is 25.7 Å². The number of aromatic nitrogens is 3. The van der Waals surface area contributed by atoms with Gasteiger partial charge in [-0.05, 0) is 0 Å². The van der Waals surface area contributed by atoms with E-state index in [9.17, 15) is 0 Å². The highest BCUT2D eigenvalue weighted by atomic mass is 16.3. The van der Waals surface area contributed by atoms with Gasteiger partial charge in [-0.3, -0.25) is 0 Å². The number of rotatable bonds is 6. The van der Waals surface area contributed by atoms with E-state index in [1.807, 2.05) is 6.07 Å². The fourth-order valence-electron chi connectivity index (χ4n) is 0.992. The molecule has 0 saturated carbocycles. The van der Waals surface area contributed by atoms with Crippen molar-refractivity contribution in [1.82, 2.24) is 20.3 Å². The van der Waals surface area contributed by atoms with Gasteiger partial charge in [0.05, 0.1) is 24.9 Å². The molecule has 0 bridgehead atoms. The first-order valence-electron chi connectivity index (χ1n) is 4.44. The molecule has 1 rings (SSSR count). The zero-order valence-electron chi connectivity index (χ0n) is 7.85. The Morgan fingerprint density at radius 1 is 1.64 bits per heavy atom. The summed E-state index contributed by atoms with van der Waals surface area (Å²) in [7, 11) is 0. The van der Waals surface area contributed by atoms with Crippen LogP contribution in [0.2, 0.25) is 0 Å². The Kier molecular flexibility index (Phi) is 4.61. The molecule has 6 heteroatoms. The highest BCUT2D eigenvalue weighted by molar-refractivity contribution is 4.91. The van der Waals surface area contributed by atoms with Crippen molar-refractivity contribution in [1.29, 1.82) is 5.26 Å². The maximum Gasteiger partial charge on any atom is 0.0964 e. The minimum absolute atomic E-state index is 0.0602. The molecule has 0 saturated heterocycles. The molecule has 0 unspecified atom stereocenters. The molecule has 0 atom stereocenters. The van der Waals surface area contributed by atoms with Gasteiger partial charge in [0.25, 0.3) is 0 Å². The molecule has 14 heavy (non-hydrogen) atoms. The van der Waals surface area contributed by atoms with Gasteiger partial charge in [-0.25, -0.2) is 4.68 Å². The lowest BCUT2D eigenvalue weighted by molar-refractivity contribution is 0.268. The Hall–Kier alpha value is -1.45. The van der Waals surface area contributed by atoms with Crippen molar-refractivity contribution in [2.24, 2.45) is 0 Å². The van der Waals surface area contributed by atoms with Gasteiger partial charge in [0.1, 0.15) is 0 Å². The number of aliphatic hydroxyl groups is 1. The second-order valence-corrected chi connectivity index (χ2v) is 2.78. The van der Waals surface area contributed by atoms with Gasteiger partial charge in [0.2, 0.25) is 0 Å². The van der Waals surface area contributed by atoms with E-state index in [2.05, 4.69) is 15.6 Å². The number of aliphatic hydroxyl groups excluding tert-OH is 1. The van der Waals surface area contributed by atoms with E-state index in [4.69, 9.17) is 10.4 Å². The summed E-state index contributed by atoms with van der Waals surface area (Å²) in [5.41, 5.74) is 0.816. The molecule has 0 radical (unpaired) electrons. The second kappa shape index (κ2) is 6.07. The van der Waals surface area contributed by atoms with Crippen LogP contribution in [0.15, 0.2) is 6.20 Å². The summed E-state index contributed by atoms with van der Waals surface area (Å²) in [6.07, 6.45) is 2.26. The van der Waals surface area contributed by atoms with E-state index in [0.29, 0.717) is 26.1 Å². The average molecular weight is 195 g/mol. The van der Waals surface area contributed by atoms with Crippen molar-refractivity contribution in [2.45, 2.75) is 19.5 Å². The van der Waals surface area contributed by atoms with Crippen molar-refractivity contribution in [3.05, 3.63) is 11.9 Å². The van der Waals surface area contributed by atoms with Crippen LogP contribution in [-0.4, -0.2) is 33.3 Å². The van der Waals surface area contributed by atoms with Crippen LogP contribution in [-0.2, 0) is 13.1 Å². The van der Waals surface area contributed by atoms with Gasteiger partial charge in [-0.2, -0.15) is 5.26 Å². The predicted molar refractivity (Wildman–Crippen MR) is 49.0 cm³/mol. The molecule has 76 valence electrons. The third-order valence-electron chi connectivity index (χ3n) is 1.63. The number of hydrogen-bond acceptors (Lipinski definition) is 5. The summed E-state index contributed by atoms with van der Waals surface area (Å²) in [6, 6.07) is 2.04. The molecule has 0 aromatic carbocycles. The first-order chi connectivity index (χ1) is 6.86. The summed E-state index contributed by atoms with van der Waals surface area (Å²) in [6.45, 7) is 1.78. The molecule has 0 amide bonds. The largest absolute Gasteiger partial charge is 0.394 e. The molecular weight excluding hydrogens is 182 g/mol. The fourth-order valence-corrected chi connectivity index (χ4v) is 0.992. The smallest absolute Gasteiger partial charge is 0.0964 e. The van der Waals surface area contributed by atoms with E-state index in [0.717, 1.165) is 5.69 Å². The molecule has 0 fully saturated rings. The number of nitrogens with zero attached hydrogens (tertiary/aromatic N) is 4. The van der Waals surface area contributed by atoms with Gasteiger partial charge < -0.3 is 10.4 Å². The Labute approximate surface area is 82.2 Å². The lowest BCUT2D eigenvalue weighted by Gasteiger charge is -1.96. The van der Waals surface area contributed by atoms with Crippen LogP contribution in [0.1, 0.15) is 12.1 Å². The molecular formula is C8H13N5O. The van der Waals surface area contributed by atoms with Gasteiger partial charge in [-0.15, -0.1) is 5.10 Å². The molecule has 0 aliphatic carbocycles. The second-order valence-electron chi connectivity index (χ2n) is 2.78. The number of hydrogen-bond donors (Lipinski definition) is 2. The van der Waals surface area contributed by atoms with Crippen LogP contribution in [0, 0.1) is 11.3 Å². The van der Waals surface area contributed by atoms with Crippen LogP contribution in [0.5, 0.6) is 0 Å². The SMILES string of the molecule is N#CCCNCc1cn(CCO)nn1. The minimum Gasteiger partial charge on any atom is -0.394 e. The number of nitriles is 1. The highest BCUT2D eigenvalue weighted by Crippen LogP contribution is 1.91. The minimum atomic E-state index is 0.0602. The zero-order valence-corrected chi connectivity index (χ0v) is 7.85. The maximum atomic E-state index is 8.63. The fraction of sp³-hybridized carbons (Fsp3) is 0.625. The van der Waals surface area contributed by atoms with Crippen molar-refractivity contribution in [3.63, 3.8) is 0 Å². The van der Waals surface area contributed by atoms with E-state index in [1.165, 1.54) is 0 Å². The lowest BCUT2D eigenvalue weighted by atomic mass is 10.4. The van der Waals surface area contributed by atoms with E-state index in [1.54, 1.807) is 10.9 Å². The zero-order chi connectivity index (χ0) is 10.2. The standard InChI is InChI=1S/C8H13N5O/c9-2-1-3-10-6-8-7-13(4-5-14)12-11-8/h7,10,14H,1,3-6H2. The van der Waals surface area contributed by atoms with Crippen molar-refractivity contribution >= 4 is 0 Å². The molecule has 0 spiro atoms. The lowest BCUT2D eigenvalue weighted by Crippen LogP contribution is -2.14. The van der Waals surface area contributed by atoms with Crippen LogP contribution in [0.3, 0.4) is 0 Å². The molecule has 0 aliphatic heterocycles. The van der Waals surface area contributed by atoms with E-state index >= 15 is 0 Å². The molecule has 1 aromatic heterocycles. The van der Waals surface area contributed by atoms with Crippen molar-refractivity contribution in [3.8, 4) is 6.07 Å². The van der Waals surface area contributed by atoms with Crippen LogP contribution < -0.4 is 5.32 Å². The quantitative estimate of drug-likeness (QED) is 0.584. The molecule has 0 aliphatic rings.